The van der Waals surface area contributed by atoms with Crippen molar-refractivity contribution in [2.75, 3.05) is 0 Å². The quantitative estimate of drug-likeness (QED) is 0.879. The maximum Gasteiger partial charge on any atom is 0.252 e. The summed E-state index contributed by atoms with van der Waals surface area (Å²) in [6, 6.07) is 8.06. The second-order valence-corrected chi connectivity index (χ2v) is 5.36. The van der Waals surface area contributed by atoms with Crippen molar-refractivity contribution in [2.24, 2.45) is 5.73 Å². The summed E-state index contributed by atoms with van der Waals surface area (Å²) in [5, 5.41) is 2.84. The maximum atomic E-state index is 13.1. The second kappa shape index (κ2) is 7.19. The van der Waals surface area contributed by atoms with Crippen molar-refractivity contribution < 1.29 is 18.4 Å². The lowest BCUT2D eigenvalue weighted by molar-refractivity contribution is -0.119. The SMILES string of the molecule is NC(=O)[C@@H](Cc1cccc(Cl)c1)NC(=O)c1cc(F)cc(F)c1. The first-order chi connectivity index (χ1) is 10.8. The van der Waals surface area contributed by atoms with Gasteiger partial charge in [0.05, 0.1) is 0 Å². The lowest BCUT2D eigenvalue weighted by Crippen LogP contribution is -2.45. The van der Waals surface area contributed by atoms with Crippen molar-refractivity contribution in [2.45, 2.75) is 12.5 Å². The van der Waals surface area contributed by atoms with Crippen LogP contribution >= 0.6 is 11.6 Å². The summed E-state index contributed by atoms with van der Waals surface area (Å²) in [5.74, 6) is -3.34. The van der Waals surface area contributed by atoms with E-state index in [1.54, 1.807) is 24.3 Å². The number of hydrogen-bond acceptors (Lipinski definition) is 2. The highest BCUT2D eigenvalue weighted by molar-refractivity contribution is 6.30. The number of carbonyl (C=O) groups is 2. The molecule has 7 heteroatoms. The lowest BCUT2D eigenvalue weighted by atomic mass is 10.0. The largest absolute Gasteiger partial charge is 0.368 e. The zero-order valence-corrected chi connectivity index (χ0v) is 12.6. The molecule has 2 rings (SSSR count). The molecule has 2 aromatic carbocycles. The van der Waals surface area contributed by atoms with Crippen LogP contribution < -0.4 is 11.1 Å². The molecule has 0 heterocycles. The highest BCUT2D eigenvalue weighted by atomic mass is 35.5. The third-order valence-corrected chi connectivity index (χ3v) is 3.34. The highest BCUT2D eigenvalue weighted by Gasteiger charge is 2.20. The maximum absolute atomic E-state index is 13.1. The van der Waals surface area contributed by atoms with Gasteiger partial charge in [0.25, 0.3) is 5.91 Å². The first-order valence-corrected chi connectivity index (χ1v) is 7.03. The molecule has 0 radical (unpaired) electrons. The van der Waals surface area contributed by atoms with Gasteiger partial charge in [-0.2, -0.15) is 0 Å². The van der Waals surface area contributed by atoms with E-state index in [0.717, 1.165) is 12.1 Å². The molecular formula is C16H13ClF2N2O2. The van der Waals surface area contributed by atoms with Gasteiger partial charge in [-0.1, -0.05) is 23.7 Å². The molecule has 0 aliphatic heterocycles. The molecule has 0 aliphatic carbocycles. The van der Waals surface area contributed by atoms with Gasteiger partial charge < -0.3 is 11.1 Å². The van der Waals surface area contributed by atoms with E-state index in [0.29, 0.717) is 16.7 Å². The summed E-state index contributed by atoms with van der Waals surface area (Å²) < 4.78 is 26.3. The number of primary amides is 1. The first kappa shape index (κ1) is 16.9. The number of benzene rings is 2. The van der Waals surface area contributed by atoms with Gasteiger partial charge in [0.1, 0.15) is 17.7 Å². The Hall–Kier alpha value is -2.47. The summed E-state index contributed by atoms with van der Waals surface area (Å²) in [5.41, 5.74) is 5.72. The van der Waals surface area contributed by atoms with Crippen LogP contribution in [0.25, 0.3) is 0 Å². The van der Waals surface area contributed by atoms with E-state index in [2.05, 4.69) is 5.32 Å². The summed E-state index contributed by atoms with van der Waals surface area (Å²) in [6.07, 6.45) is 0.111. The smallest absolute Gasteiger partial charge is 0.252 e. The average molecular weight is 339 g/mol. The predicted molar refractivity (Wildman–Crippen MR) is 82.0 cm³/mol. The van der Waals surface area contributed by atoms with Gasteiger partial charge in [0.15, 0.2) is 0 Å². The Kier molecular flexibility index (Phi) is 5.28. The molecule has 0 unspecified atom stereocenters. The second-order valence-electron chi connectivity index (χ2n) is 4.92. The van der Waals surface area contributed by atoms with Gasteiger partial charge >= 0.3 is 0 Å². The molecule has 0 spiro atoms. The van der Waals surface area contributed by atoms with Crippen LogP contribution in [0, 0.1) is 11.6 Å². The van der Waals surface area contributed by atoms with Crippen molar-refractivity contribution in [1.29, 1.82) is 0 Å². The number of amides is 2. The molecule has 23 heavy (non-hydrogen) atoms. The van der Waals surface area contributed by atoms with E-state index in [4.69, 9.17) is 17.3 Å². The molecule has 2 aromatic rings. The first-order valence-electron chi connectivity index (χ1n) is 6.66. The molecule has 0 saturated heterocycles. The summed E-state index contributed by atoms with van der Waals surface area (Å²) >= 11 is 5.86. The molecule has 4 nitrogen and oxygen atoms in total. The number of nitrogens with one attached hydrogen (secondary N) is 1. The number of nitrogens with two attached hydrogens (primary N) is 1. The van der Waals surface area contributed by atoms with Crippen molar-refractivity contribution in [3.63, 3.8) is 0 Å². The normalized spacial score (nSPS) is 11.8. The fourth-order valence-electron chi connectivity index (χ4n) is 2.05. The fourth-order valence-corrected chi connectivity index (χ4v) is 2.26. The number of halogens is 3. The topological polar surface area (TPSA) is 72.2 Å². The van der Waals surface area contributed by atoms with E-state index >= 15 is 0 Å². The van der Waals surface area contributed by atoms with E-state index in [1.165, 1.54) is 0 Å². The van der Waals surface area contributed by atoms with Gasteiger partial charge in [-0.15, -0.1) is 0 Å². The fraction of sp³-hybridized carbons (Fsp3) is 0.125. The zero-order chi connectivity index (χ0) is 17.0. The van der Waals surface area contributed by atoms with Crippen LogP contribution in [-0.2, 0) is 11.2 Å². The van der Waals surface area contributed by atoms with E-state index in [-0.39, 0.29) is 12.0 Å². The van der Waals surface area contributed by atoms with Crippen LogP contribution in [0.15, 0.2) is 42.5 Å². The van der Waals surface area contributed by atoms with Gasteiger partial charge in [0.2, 0.25) is 5.91 Å². The van der Waals surface area contributed by atoms with Crippen molar-refractivity contribution in [1.82, 2.24) is 5.32 Å². The summed E-state index contributed by atoms with van der Waals surface area (Å²) in [7, 11) is 0. The minimum atomic E-state index is -1.03. The Morgan fingerprint density at radius 3 is 2.35 bits per heavy atom. The van der Waals surface area contributed by atoms with Crippen LogP contribution in [0.4, 0.5) is 8.78 Å². The third kappa shape index (κ3) is 4.75. The summed E-state index contributed by atoms with van der Waals surface area (Å²) in [6.45, 7) is 0. The molecule has 0 aliphatic rings. The number of rotatable bonds is 5. The van der Waals surface area contributed by atoms with Gasteiger partial charge in [-0.3, -0.25) is 9.59 Å². The lowest BCUT2D eigenvalue weighted by Gasteiger charge is -2.16. The van der Waals surface area contributed by atoms with Gasteiger partial charge in [-0.25, -0.2) is 8.78 Å². The molecular weight excluding hydrogens is 326 g/mol. The Morgan fingerprint density at radius 2 is 1.78 bits per heavy atom. The molecule has 2 amide bonds. The molecule has 0 aromatic heterocycles. The minimum absolute atomic E-state index is 0.111. The Bertz CT molecular complexity index is 732. The number of carbonyl (C=O) groups excluding carboxylic acids is 2. The van der Waals surface area contributed by atoms with E-state index in [9.17, 15) is 18.4 Å². The monoisotopic (exact) mass is 338 g/mol. The molecule has 1 atom stereocenters. The van der Waals surface area contributed by atoms with Crippen LogP contribution in [0.2, 0.25) is 5.02 Å². The Morgan fingerprint density at radius 1 is 1.13 bits per heavy atom. The third-order valence-electron chi connectivity index (χ3n) is 3.10. The Labute approximate surface area is 136 Å². The van der Waals surface area contributed by atoms with Crippen LogP contribution in [-0.4, -0.2) is 17.9 Å². The van der Waals surface area contributed by atoms with Crippen molar-refractivity contribution in [3.8, 4) is 0 Å². The van der Waals surface area contributed by atoms with E-state index < -0.39 is 29.5 Å². The minimum Gasteiger partial charge on any atom is -0.368 e. The van der Waals surface area contributed by atoms with Gasteiger partial charge in [-0.05, 0) is 29.8 Å². The van der Waals surface area contributed by atoms with Crippen molar-refractivity contribution >= 4 is 23.4 Å². The molecule has 0 fully saturated rings. The standard InChI is InChI=1S/C16H13ClF2N2O2/c17-11-3-1-2-9(4-11)5-14(15(20)22)21-16(23)10-6-12(18)8-13(19)7-10/h1-4,6-8,14H,5H2,(H2,20,22)(H,21,23)/t14-/m1/s1. The van der Waals surface area contributed by atoms with Crippen molar-refractivity contribution in [3.05, 3.63) is 70.2 Å². The predicted octanol–water partition coefficient (Wildman–Crippen LogP) is 2.44. The summed E-state index contributed by atoms with van der Waals surface area (Å²) in [4.78, 5) is 23.6. The zero-order valence-electron chi connectivity index (χ0n) is 11.9. The van der Waals surface area contributed by atoms with E-state index in [1.807, 2.05) is 0 Å². The molecule has 120 valence electrons. The van der Waals surface area contributed by atoms with Crippen LogP contribution in [0.3, 0.4) is 0 Å². The van der Waals surface area contributed by atoms with Crippen LogP contribution in [0.5, 0.6) is 0 Å². The average Bonchev–Trinajstić information content (AvgIpc) is 2.45. The molecule has 0 bridgehead atoms. The molecule has 0 saturated carbocycles. The van der Waals surface area contributed by atoms with Crippen LogP contribution in [0.1, 0.15) is 15.9 Å². The number of hydrogen-bond donors (Lipinski definition) is 2. The van der Waals surface area contributed by atoms with Gasteiger partial charge in [0, 0.05) is 23.1 Å². The highest BCUT2D eigenvalue weighted by Crippen LogP contribution is 2.13. The molecule has 3 N–H and O–H groups in total. The Balaban J connectivity index is 2.15.